The molecule has 0 radical (unpaired) electrons. The topological polar surface area (TPSA) is 44.7 Å². The molecule has 1 saturated heterocycles. The molecule has 0 atom stereocenters. The number of nitrogens with one attached hydrogen (secondary N) is 1. The number of unbranched alkanes of at least 4 members (excludes halogenated alkanes) is 1. The van der Waals surface area contributed by atoms with Gasteiger partial charge in [0.05, 0.1) is 10.6 Å². The molecular weight excluding hydrogens is 354 g/mol. The summed E-state index contributed by atoms with van der Waals surface area (Å²) in [6.45, 7) is 2.20. The molecule has 2 aromatic rings. The molecule has 1 amide bonds. The third kappa shape index (κ3) is 5.23. The Morgan fingerprint density at radius 3 is 2.41 bits per heavy atom. The fraction of sp³-hybridized carbons (Fsp3) is 0.273. The summed E-state index contributed by atoms with van der Waals surface area (Å²) in [5, 5.41) is 3.47. The Labute approximate surface area is 165 Å². The average molecular weight is 380 g/mol. The summed E-state index contributed by atoms with van der Waals surface area (Å²) in [5.41, 5.74) is 4.31. The highest BCUT2D eigenvalue weighted by molar-refractivity contribution is 8.18. The van der Waals surface area contributed by atoms with E-state index in [1.54, 1.807) is 0 Å². The van der Waals surface area contributed by atoms with Gasteiger partial charge in [0, 0.05) is 19.8 Å². The lowest BCUT2D eigenvalue weighted by Gasteiger charge is -2.11. The maximum Gasteiger partial charge on any atom is 0.264 e. The molecule has 3 rings (SSSR count). The van der Waals surface area contributed by atoms with Crippen LogP contribution in [0.3, 0.4) is 0 Å². The van der Waals surface area contributed by atoms with Crippen molar-refractivity contribution in [3.05, 3.63) is 64.6 Å². The maximum absolute atomic E-state index is 12.2. The van der Waals surface area contributed by atoms with Gasteiger partial charge in [-0.15, -0.1) is 0 Å². The van der Waals surface area contributed by atoms with Crippen LogP contribution in [0, 0.1) is 0 Å². The summed E-state index contributed by atoms with van der Waals surface area (Å²) < 4.78 is 0. The van der Waals surface area contributed by atoms with E-state index in [0.29, 0.717) is 10.1 Å². The zero-order valence-electron chi connectivity index (χ0n) is 16.0. The van der Waals surface area contributed by atoms with Crippen molar-refractivity contribution in [2.75, 3.05) is 19.0 Å². The van der Waals surface area contributed by atoms with E-state index in [1.807, 2.05) is 61.5 Å². The number of hydrogen-bond acceptors (Lipinski definition) is 4. The highest BCUT2D eigenvalue weighted by Gasteiger charge is 2.23. The van der Waals surface area contributed by atoms with Crippen molar-refractivity contribution in [1.82, 2.24) is 5.32 Å². The number of carbonyl (C=O) groups is 1. The number of carbonyl (C=O) groups excluding carboxylic acids is 1. The van der Waals surface area contributed by atoms with E-state index in [9.17, 15) is 4.79 Å². The van der Waals surface area contributed by atoms with Gasteiger partial charge in [0.15, 0.2) is 5.17 Å². The number of rotatable bonds is 6. The molecule has 0 aromatic heterocycles. The van der Waals surface area contributed by atoms with Crippen LogP contribution in [-0.4, -0.2) is 25.2 Å². The molecule has 4 nitrogen and oxygen atoms in total. The van der Waals surface area contributed by atoms with Crippen LogP contribution in [-0.2, 0) is 11.2 Å². The fourth-order valence-electron chi connectivity index (χ4n) is 2.74. The monoisotopic (exact) mass is 379 g/mol. The van der Waals surface area contributed by atoms with Crippen molar-refractivity contribution < 1.29 is 4.79 Å². The first-order valence-corrected chi connectivity index (χ1v) is 10.0. The molecular formula is C22H25N3OS. The molecule has 140 valence electrons. The molecule has 0 bridgehead atoms. The third-order valence-electron chi connectivity index (χ3n) is 4.34. The largest absolute Gasteiger partial charge is 0.378 e. The standard InChI is InChI=1S/C22H25N3OS/c1-4-5-6-16-7-11-18(12-8-16)23-22-24-21(26)20(27-22)15-17-9-13-19(14-10-17)25(2)3/h7-15H,4-6H2,1-3H3,(H,23,24,26). The van der Waals surface area contributed by atoms with Crippen molar-refractivity contribution >= 4 is 40.3 Å². The molecule has 0 saturated carbocycles. The van der Waals surface area contributed by atoms with E-state index in [4.69, 9.17) is 0 Å². The minimum atomic E-state index is -0.102. The minimum absolute atomic E-state index is 0.102. The molecule has 0 aliphatic carbocycles. The van der Waals surface area contributed by atoms with E-state index in [-0.39, 0.29) is 5.91 Å². The zero-order chi connectivity index (χ0) is 19.2. The molecule has 1 aliphatic rings. The molecule has 1 fully saturated rings. The number of anilines is 1. The van der Waals surface area contributed by atoms with Gasteiger partial charge in [0.2, 0.25) is 0 Å². The van der Waals surface area contributed by atoms with Gasteiger partial charge in [0.1, 0.15) is 0 Å². The lowest BCUT2D eigenvalue weighted by atomic mass is 10.1. The van der Waals surface area contributed by atoms with Gasteiger partial charge in [-0.1, -0.05) is 37.6 Å². The summed E-state index contributed by atoms with van der Waals surface area (Å²) in [4.78, 5) is 19.5. The zero-order valence-corrected chi connectivity index (χ0v) is 16.8. The number of benzene rings is 2. The summed E-state index contributed by atoms with van der Waals surface area (Å²) in [5.74, 6) is -0.102. The fourth-order valence-corrected chi connectivity index (χ4v) is 3.58. The average Bonchev–Trinajstić information content (AvgIpc) is 3.00. The van der Waals surface area contributed by atoms with Gasteiger partial charge >= 0.3 is 0 Å². The molecule has 1 heterocycles. The van der Waals surface area contributed by atoms with E-state index in [0.717, 1.165) is 23.4 Å². The Hall–Kier alpha value is -2.53. The van der Waals surface area contributed by atoms with Gasteiger partial charge in [-0.05, 0) is 66.1 Å². The van der Waals surface area contributed by atoms with Gasteiger partial charge in [-0.2, -0.15) is 0 Å². The number of nitrogens with zero attached hydrogens (tertiary/aromatic N) is 2. The van der Waals surface area contributed by atoms with Crippen LogP contribution < -0.4 is 10.2 Å². The Bertz CT molecular complexity index is 852. The SMILES string of the molecule is CCCCc1ccc(N=C2NC(=O)C(=Cc3ccc(N(C)C)cc3)S2)cc1. The Morgan fingerprint density at radius 1 is 1.07 bits per heavy atom. The van der Waals surface area contributed by atoms with E-state index < -0.39 is 0 Å². The molecule has 27 heavy (non-hydrogen) atoms. The molecule has 0 unspecified atom stereocenters. The van der Waals surface area contributed by atoms with Crippen molar-refractivity contribution in [2.24, 2.45) is 4.99 Å². The lowest BCUT2D eigenvalue weighted by Crippen LogP contribution is -2.19. The highest BCUT2D eigenvalue weighted by Crippen LogP contribution is 2.28. The Kier molecular flexibility index (Phi) is 6.35. The number of amides is 1. The van der Waals surface area contributed by atoms with Crippen molar-refractivity contribution in [3.63, 3.8) is 0 Å². The number of aryl methyl sites for hydroxylation is 1. The van der Waals surface area contributed by atoms with Gasteiger partial charge in [0.25, 0.3) is 5.91 Å². The van der Waals surface area contributed by atoms with Gasteiger partial charge in [-0.25, -0.2) is 4.99 Å². The first-order chi connectivity index (χ1) is 13.0. The molecule has 5 heteroatoms. The van der Waals surface area contributed by atoms with Crippen molar-refractivity contribution in [2.45, 2.75) is 26.2 Å². The van der Waals surface area contributed by atoms with Crippen molar-refractivity contribution in [1.29, 1.82) is 0 Å². The predicted molar refractivity (Wildman–Crippen MR) is 117 cm³/mol. The van der Waals surface area contributed by atoms with Crippen LogP contribution in [0.25, 0.3) is 6.08 Å². The highest BCUT2D eigenvalue weighted by atomic mass is 32.2. The van der Waals surface area contributed by atoms with Crippen LogP contribution in [0.2, 0.25) is 0 Å². The summed E-state index contributed by atoms with van der Waals surface area (Å²) in [6.07, 6.45) is 5.39. The molecule has 1 aliphatic heterocycles. The quantitative estimate of drug-likeness (QED) is 0.720. The lowest BCUT2D eigenvalue weighted by molar-refractivity contribution is -0.115. The summed E-state index contributed by atoms with van der Waals surface area (Å²) >= 11 is 1.38. The number of amidine groups is 1. The van der Waals surface area contributed by atoms with E-state index in [1.165, 1.54) is 30.2 Å². The minimum Gasteiger partial charge on any atom is -0.378 e. The van der Waals surface area contributed by atoms with E-state index >= 15 is 0 Å². The Morgan fingerprint density at radius 2 is 1.78 bits per heavy atom. The second-order valence-electron chi connectivity index (χ2n) is 6.74. The predicted octanol–water partition coefficient (Wildman–Crippen LogP) is 4.99. The number of aliphatic imine (C=N–C) groups is 1. The van der Waals surface area contributed by atoms with Crippen LogP contribution in [0.15, 0.2) is 58.4 Å². The second-order valence-corrected chi connectivity index (χ2v) is 7.77. The summed E-state index contributed by atoms with van der Waals surface area (Å²) in [6, 6.07) is 16.3. The van der Waals surface area contributed by atoms with Crippen LogP contribution in [0.5, 0.6) is 0 Å². The first-order valence-electron chi connectivity index (χ1n) is 9.21. The van der Waals surface area contributed by atoms with Crippen LogP contribution >= 0.6 is 11.8 Å². The first kappa shape index (κ1) is 19.2. The van der Waals surface area contributed by atoms with Crippen LogP contribution in [0.1, 0.15) is 30.9 Å². The summed E-state index contributed by atoms with van der Waals surface area (Å²) in [7, 11) is 4.01. The van der Waals surface area contributed by atoms with Gasteiger partial charge < -0.3 is 10.2 Å². The third-order valence-corrected chi connectivity index (χ3v) is 5.25. The number of hydrogen-bond donors (Lipinski definition) is 1. The molecule has 0 spiro atoms. The number of thioether (sulfide) groups is 1. The second kappa shape index (κ2) is 8.91. The smallest absolute Gasteiger partial charge is 0.264 e. The van der Waals surface area contributed by atoms with Crippen LogP contribution in [0.4, 0.5) is 11.4 Å². The normalized spacial score (nSPS) is 16.8. The maximum atomic E-state index is 12.2. The van der Waals surface area contributed by atoms with E-state index in [2.05, 4.69) is 29.4 Å². The molecule has 1 N–H and O–H groups in total. The molecule has 2 aromatic carbocycles. The van der Waals surface area contributed by atoms with Gasteiger partial charge in [-0.3, -0.25) is 4.79 Å². The Balaban J connectivity index is 1.69. The van der Waals surface area contributed by atoms with Crippen molar-refractivity contribution in [3.8, 4) is 0 Å².